The number of hydrogen-bond donors (Lipinski definition) is 2. The molecule has 3 N–H and O–H groups in total. The van der Waals surface area contributed by atoms with Gasteiger partial charge in [-0.15, -0.1) is 0 Å². The van der Waals surface area contributed by atoms with Crippen molar-refractivity contribution in [2.24, 2.45) is 11.7 Å². The fraction of sp³-hybridized carbons (Fsp3) is 0.538. The summed E-state index contributed by atoms with van der Waals surface area (Å²) in [5, 5.41) is 7.46. The van der Waals surface area contributed by atoms with E-state index >= 15 is 0 Å². The summed E-state index contributed by atoms with van der Waals surface area (Å²) >= 11 is 0. The quantitative estimate of drug-likeness (QED) is 0.605. The molecule has 1 saturated heterocycles. The van der Waals surface area contributed by atoms with E-state index in [1.54, 1.807) is 12.3 Å². The first-order valence-electron chi connectivity index (χ1n) is 6.15. The zero-order valence-electron chi connectivity index (χ0n) is 10.5. The summed E-state index contributed by atoms with van der Waals surface area (Å²) in [4.78, 5) is 6.71. The van der Waals surface area contributed by atoms with Gasteiger partial charge >= 0.3 is 0 Å². The predicted molar refractivity (Wildman–Crippen MR) is 70.5 cm³/mol. The van der Waals surface area contributed by atoms with E-state index in [0.29, 0.717) is 6.04 Å². The molecule has 4 heteroatoms. The topological polar surface area (TPSA) is 66.0 Å². The van der Waals surface area contributed by atoms with Crippen molar-refractivity contribution >= 4 is 11.7 Å². The number of hydrogen-bond acceptors (Lipinski definition) is 3. The molecule has 4 nitrogen and oxygen atoms in total. The second-order valence-corrected chi connectivity index (χ2v) is 4.99. The normalized spacial score (nSPS) is 24.7. The van der Waals surface area contributed by atoms with Crippen LogP contribution in [0, 0.1) is 11.3 Å². The Morgan fingerprint density at radius 2 is 2.29 bits per heavy atom. The van der Waals surface area contributed by atoms with Crippen molar-refractivity contribution in [1.29, 1.82) is 5.41 Å². The molecular weight excluding hydrogens is 212 g/mol. The maximum atomic E-state index is 7.46. The molecule has 2 atom stereocenters. The molecular formula is C13H20N4. The molecule has 17 heavy (non-hydrogen) atoms. The molecule has 0 aliphatic carbocycles. The monoisotopic (exact) mass is 232 g/mol. The number of nitrogens with one attached hydrogen (secondary N) is 1. The van der Waals surface area contributed by atoms with Crippen molar-refractivity contribution in [1.82, 2.24) is 4.98 Å². The summed E-state index contributed by atoms with van der Waals surface area (Å²) < 4.78 is 0. The average molecular weight is 232 g/mol. The Labute approximate surface area is 102 Å². The van der Waals surface area contributed by atoms with Crippen molar-refractivity contribution in [3.63, 3.8) is 0 Å². The van der Waals surface area contributed by atoms with E-state index in [0.717, 1.165) is 23.8 Å². The lowest BCUT2D eigenvalue weighted by atomic mass is 9.93. The fourth-order valence-corrected chi connectivity index (χ4v) is 2.49. The molecule has 0 bridgehead atoms. The molecule has 1 fully saturated rings. The third kappa shape index (κ3) is 2.57. The van der Waals surface area contributed by atoms with Gasteiger partial charge in [0.15, 0.2) is 0 Å². The number of rotatable bonds is 2. The minimum absolute atomic E-state index is 0.103. The number of nitrogen functional groups attached to an aromatic ring is 1. The Balaban J connectivity index is 2.22. The van der Waals surface area contributed by atoms with Gasteiger partial charge in [0.2, 0.25) is 0 Å². The molecule has 2 heterocycles. The number of amidine groups is 1. The van der Waals surface area contributed by atoms with Crippen LogP contribution in [-0.2, 0) is 0 Å². The molecule has 1 aromatic rings. The summed E-state index contributed by atoms with van der Waals surface area (Å²) in [7, 11) is 0. The van der Waals surface area contributed by atoms with Crippen LogP contribution >= 0.6 is 0 Å². The first kappa shape index (κ1) is 11.9. The SMILES string of the molecule is CC1CCN(c2cc(C(=N)N)ccn2)C(C)C1. The maximum Gasteiger partial charge on any atom is 0.129 e. The molecule has 1 aliphatic rings. The molecule has 2 rings (SSSR count). The number of pyridine rings is 1. The van der Waals surface area contributed by atoms with Crippen molar-refractivity contribution < 1.29 is 0 Å². The molecule has 1 aromatic heterocycles. The number of nitrogens with two attached hydrogens (primary N) is 1. The summed E-state index contributed by atoms with van der Waals surface area (Å²) in [5.41, 5.74) is 6.26. The highest BCUT2D eigenvalue weighted by Crippen LogP contribution is 2.26. The van der Waals surface area contributed by atoms with E-state index in [-0.39, 0.29) is 5.84 Å². The first-order chi connectivity index (χ1) is 8.08. The van der Waals surface area contributed by atoms with Crippen LogP contribution in [0.5, 0.6) is 0 Å². The van der Waals surface area contributed by atoms with Gasteiger partial charge in [-0.25, -0.2) is 4.98 Å². The third-order valence-corrected chi connectivity index (χ3v) is 3.49. The predicted octanol–water partition coefficient (Wildman–Crippen LogP) is 1.99. The average Bonchev–Trinajstić information content (AvgIpc) is 2.29. The zero-order valence-corrected chi connectivity index (χ0v) is 10.5. The maximum absolute atomic E-state index is 7.46. The van der Waals surface area contributed by atoms with E-state index in [1.165, 1.54) is 12.8 Å². The van der Waals surface area contributed by atoms with Gasteiger partial charge in [-0.1, -0.05) is 6.92 Å². The van der Waals surface area contributed by atoms with E-state index in [1.807, 2.05) is 6.07 Å². The van der Waals surface area contributed by atoms with Crippen molar-refractivity contribution in [3.8, 4) is 0 Å². The highest BCUT2D eigenvalue weighted by molar-refractivity contribution is 5.95. The third-order valence-electron chi connectivity index (χ3n) is 3.49. The lowest BCUT2D eigenvalue weighted by Crippen LogP contribution is -2.40. The van der Waals surface area contributed by atoms with E-state index in [2.05, 4.69) is 23.7 Å². The largest absolute Gasteiger partial charge is 0.384 e. The Kier molecular flexibility index (Phi) is 3.31. The van der Waals surface area contributed by atoms with E-state index < -0.39 is 0 Å². The van der Waals surface area contributed by atoms with E-state index in [4.69, 9.17) is 11.1 Å². The lowest BCUT2D eigenvalue weighted by molar-refractivity contribution is 0.376. The number of aromatic nitrogens is 1. The standard InChI is InChI=1S/C13H20N4/c1-9-4-6-17(10(2)7-9)12-8-11(13(14)15)3-5-16-12/h3,5,8-10H,4,6-7H2,1-2H3,(H3,14,15). The molecule has 92 valence electrons. The van der Waals surface area contributed by atoms with Crippen molar-refractivity contribution in [2.75, 3.05) is 11.4 Å². The van der Waals surface area contributed by atoms with Crippen LogP contribution in [0.1, 0.15) is 32.3 Å². The van der Waals surface area contributed by atoms with Crippen LogP contribution in [0.15, 0.2) is 18.3 Å². The Morgan fingerprint density at radius 3 is 2.94 bits per heavy atom. The number of piperidine rings is 1. The molecule has 2 unspecified atom stereocenters. The zero-order chi connectivity index (χ0) is 12.4. The van der Waals surface area contributed by atoms with Crippen LogP contribution < -0.4 is 10.6 Å². The van der Waals surface area contributed by atoms with Gasteiger partial charge in [0, 0.05) is 24.3 Å². The minimum atomic E-state index is 0.103. The molecule has 0 spiro atoms. The summed E-state index contributed by atoms with van der Waals surface area (Å²) in [5.74, 6) is 1.83. The number of anilines is 1. The highest BCUT2D eigenvalue weighted by Gasteiger charge is 2.23. The highest BCUT2D eigenvalue weighted by atomic mass is 15.2. The van der Waals surface area contributed by atoms with Crippen LogP contribution in [-0.4, -0.2) is 23.4 Å². The summed E-state index contributed by atoms with van der Waals surface area (Å²) in [6.07, 6.45) is 4.14. The molecule has 0 radical (unpaired) electrons. The smallest absolute Gasteiger partial charge is 0.129 e. The second-order valence-electron chi connectivity index (χ2n) is 4.99. The van der Waals surface area contributed by atoms with Crippen molar-refractivity contribution in [3.05, 3.63) is 23.9 Å². The Bertz CT molecular complexity index is 416. The number of nitrogens with zero attached hydrogens (tertiary/aromatic N) is 2. The Hall–Kier alpha value is -1.58. The van der Waals surface area contributed by atoms with E-state index in [9.17, 15) is 0 Å². The molecule has 0 saturated carbocycles. The summed E-state index contributed by atoms with van der Waals surface area (Å²) in [6, 6.07) is 4.20. The van der Waals surface area contributed by atoms with Gasteiger partial charge in [-0.3, -0.25) is 5.41 Å². The van der Waals surface area contributed by atoms with Crippen LogP contribution in [0.2, 0.25) is 0 Å². The lowest BCUT2D eigenvalue weighted by Gasteiger charge is -2.37. The van der Waals surface area contributed by atoms with Crippen LogP contribution in [0.25, 0.3) is 0 Å². The molecule has 1 aliphatic heterocycles. The van der Waals surface area contributed by atoms with Gasteiger partial charge in [0.05, 0.1) is 0 Å². The first-order valence-corrected chi connectivity index (χ1v) is 6.15. The van der Waals surface area contributed by atoms with Crippen molar-refractivity contribution in [2.45, 2.75) is 32.7 Å². The summed E-state index contributed by atoms with van der Waals surface area (Å²) in [6.45, 7) is 5.57. The second kappa shape index (κ2) is 4.73. The minimum Gasteiger partial charge on any atom is -0.384 e. The van der Waals surface area contributed by atoms with Gasteiger partial charge in [-0.05, 0) is 37.8 Å². The van der Waals surface area contributed by atoms with Gasteiger partial charge < -0.3 is 10.6 Å². The van der Waals surface area contributed by atoms with Crippen LogP contribution in [0.4, 0.5) is 5.82 Å². The molecule has 0 amide bonds. The molecule has 0 aromatic carbocycles. The van der Waals surface area contributed by atoms with Gasteiger partial charge in [-0.2, -0.15) is 0 Å². The van der Waals surface area contributed by atoms with Crippen LogP contribution in [0.3, 0.4) is 0 Å². The van der Waals surface area contributed by atoms with Gasteiger partial charge in [0.25, 0.3) is 0 Å². The van der Waals surface area contributed by atoms with Gasteiger partial charge in [0.1, 0.15) is 11.7 Å². The Morgan fingerprint density at radius 1 is 1.53 bits per heavy atom. The fourth-order valence-electron chi connectivity index (χ4n) is 2.49.